The van der Waals surface area contributed by atoms with Crippen molar-refractivity contribution in [2.24, 2.45) is 17.8 Å². The van der Waals surface area contributed by atoms with E-state index < -0.39 is 35.8 Å². The molecule has 1 aromatic carbocycles. The summed E-state index contributed by atoms with van der Waals surface area (Å²) in [7, 11) is 3.30. The molecule has 4 saturated carbocycles. The summed E-state index contributed by atoms with van der Waals surface area (Å²) in [4.78, 5) is 66.7. The van der Waals surface area contributed by atoms with Crippen LogP contribution in [0.15, 0.2) is 24.3 Å². The van der Waals surface area contributed by atoms with Crippen molar-refractivity contribution in [2.45, 2.75) is 44.1 Å². The number of hydrogen-bond acceptors (Lipinski definition) is 5. The number of carbonyl (C=O) groups is 5. The molecule has 1 saturated heterocycles. The molecule has 33 heavy (non-hydrogen) atoms. The van der Waals surface area contributed by atoms with E-state index in [1.165, 1.54) is 9.80 Å². The molecule has 0 radical (unpaired) electrons. The lowest BCUT2D eigenvalue weighted by Gasteiger charge is -2.58. The fourth-order valence-electron chi connectivity index (χ4n) is 6.70. The Morgan fingerprint density at radius 1 is 0.939 bits per heavy atom. The first kappa shape index (κ1) is 21.6. The highest BCUT2D eigenvalue weighted by Crippen LogP contribution is 2.58. The third kappa shape index (κ3) is 3.59. The highest BCUT2D eigenvalue weighted by molar-refractivity contribution is 6.45. The molecular formula is C24H28N4O5. The Balaban J connectivity index is 1.27. The zero-order valence-electron chi connectivity index (χ0n) is 18.9. The van der Waals surface area contributed by atoms with Crippen molar-refractivity contribution in [1.29, 1.82) is 0 Å². The van der Waals surface area contributed by atoms with Gasteiger partial charge in [-0.05, 0) is 80.5 Å². The Bertz CT molecular complexity index is 1010. The first-order chi connectivity index (χ1) is 15.7. The molecule has 1 aliphatic heterocycles. The van der Waals surface area contributed by atoms with E-state index in [0.717, 1.165) is 43.4 Å². The van der Waals surface area contributed by atoms with E-state index in [4.69, 9.17) is 0 Å². The topological polar surface area (TPSA) is 107 Å². The minimum Gasteiger partial charge on any atom is -0.345 e. The van der Waals surface area contributed by atoms with Crippen LogP contribution in [0.25, 0.3) is 0 Å². The number of nitrogens with one attached hydrogen (secondary N) is 1. The molecule has 6 amide bonds. The Labute approximate surface area is 192 Å². The second-order valence-corrected chi connectivity index (χ2v) is 10.3. The van der Waals surface area contributed by atoms with Gasteiger partial charge in [-0.3, -0.25) is 19.2 Å². The average Bonchev–Trinajstić information content (AvgIpc) is 2.96. The predicted octanol–water partition coefficient (Wildman–Crippen LogP) is 2.09. The molecule has 174 valence electrons. The summed E-state index contributed by atoms with van der Waals surface area (Å²) in [5.41, 5.74) is 0.330. The van der Waals surface area contributed by atoms with Crippen LogP contribution in [0.4, 0.5) is 10.5 Å². The number of urea groups is 1. The van der Waals surface area contributed by atoms with E-state index in [9.17, 15) is 24.0 Å². The fraction of sp³-hybridized carbons (Fsp3) is 0.542. The summed E-state index contributed by atoms with van der Waals surface area (Å²) >= 11 is 0. The zero-order chi connectivity index (χ0) is 23.5. The van der Waals surface area contributed by atoms with E-state index in [1.54, 1.807) is 38.4 Å². The van der Waals surface area contributed by atoms with Gasteiger partial charge in [0.25, 0.3) is 5.91 Å². The van der Waals surface area contributed by atoms with Crippen molar-refractivity contribution in [3.8, 4) is 0 Å². The van der Waals surface area contributed by atoms with Crippen LogP contribution in [0.3, 0.4) is 0 Å². The maximum absolute atomic E-state index is 13.2. The smallest absolute Gasteiger partial charge is 0.335 e. The number of nitrogens with zero attached hydrogens (tertiary/aromatic N) is 3. The lowest BCUT2D eigenvalue weighted by Crippen LogP contribution is -2.62. The Morgan fingerprint density at radius 2 is 1.48 bits per heavy atom. The van der Waals surface area contributed by atoms with Gasteiger partial charge in [0.1, 0.15) is 6.54 Å². The number of benzene rings is 1. The maximum Gasteiger partial charge on any atom is 0.335 e. The van der Waals surface area contributed by atoms with Gasteiger partial charge in [-0.2, -0.15) is 0 Å². The molecule has 6 rings (SSSR count). The van der Waals surface area contributed by atoms with E-state index in [0.29, 0.717) is 29.0 Å². The normalized spacial score (nSPS) is 30.2. The largest absolute Gasteiger partial charge is 0.345 e. The molecule has 1 aromatic rings. The summed E-state index contributed by atoms with van der Waals surface area (Å²) in [6, 6.07) is 5.66. The van der Waals surface area contributed by atoms with Crippen LogP contribution >= 0.6 is 0 Å². The predicted molar refractivity (Wildman–Crippen MR) is 118 cm³/mol. The number of imide groups is 2. The molecule has 1 N–H and O–H groups in total. The van der Waals surface area contributed by atoms with E-state index in [2.05, 4.69) is 5.32 Å². The van der Waals surface area contributed by atoms with Crippen molar-refractivity contribution in [3.63, 3.8) is 0 Å². The number of hydrogen-bond donors (Lipinski definition) is 1. The van der Waals surface area contributed by atoms with Crippen molar-refractivity contribution in [2.75, 3.05) is 26.0 Å². The van der Waals surface area contributed by atoms with Crippen LogP contribution in [0.5, 0.6) is 0 Å². The van der Waals surface area contributed by atoms with E-state index in [1.807, 2.05) is 0 Å². The molecule has 0 spiro atoms. The number of amides is 6. The molecular weight excluding hydrogens is 424 g/mol. The van der Waals surface area contributed by atoms with Gasteiger partial charge in [-0.1, -0.05) is 0 Å². The summed E-state index contributed by atoms with van der Waals surface area (Å²) in [6.45, 7) is -0.523. The minimum atomic E-state index is -0.933. The van der Waals surface area contributed by atoms with Gasteiger partial charge >= 0.3 is 17.8 Å². The van der Waals surface area contributed by atoms with Crippen LogP contribution in [-0.2, 0) is 14.4 Å². The molecule has 0 aromatic heterocycles. The lowest BCUT2D eigenvalue weighted by atomic mass is 9.52. The second kappa shape index (κ2) is 7.67. The summed E-state index contributed by atoms with van der Waals surface area (Å²) in [5.74, 6) is -0.961. The molecule has 1 heterocycles. The van der Waals surface area contributed by atoms with Crippen LogP contribution in [0, 0.1) is 17.8 Å². The molecule has 0 atom stereocenters. The molecule has 4 bridgehead atoms. The van der Waals surface area contributed by atoms with E-state index >= 15 is 0 Å². The third-order valence-corrected chi connectivity index (χ3v) is 7.66. The SMILES string of the molecule is CN(C)C(=O)c1ccc(NC(=O)CN2C(=O)C(=O)N(C34CC5CC(CC(C5)C3)C4)C2=O)cc1. The van der Waals surface area contributed by atoms with Crippen molar-refractivity contribution >= 4 is 35.3 Å². The average molecular weight is 453 g/mol. The standard InChI is InChI=1S/C24H28N4O5/c1-26(2)20(30)17-3-5-18(6-4-17)25-19(29)13-27-21(31)22(32)28(23(27)33)24-10-14-7-15(11-24)9-16(8-14)12-24/h3-6,14-16H,7-13H2,1-2H3,(H,25,29). The molecule has 0 unspecified atom stereocenters. The van der Waals surface area contributed by atoms with Crippen molar-refractivity contribution in [3.05, 3.63) is 29.8 Å². The maximum atomic E-state index is 13.2. The Morgan fingerprint density at radius 3 is 2.00 bits per heavy atom. The highest BCUT2D eigenvalue weighted by atomic mass is 16.2. The Hall–Kier alpha value is -3.23. The first-order valence-corrected chi connectivity index (χ1v) is 11.5. The zero-order valence-corrected chi connectivity index (χ0v) is 18.9. The minimum absolute atomic E-state index is 0.163. The lowest BCUT2D eigenvalue weighted by molar-refractivity contribution is -0.150. The fourth-order valence-corrected chi connectivity index (χ4v) is 6.70. The molecule has 4 aliphatic carbocycles. The molecule has 9 heteroatoms. The van der Waals surface area contributed by atoms with Gasteiger partial charge in [0.2, 0.25) is 5.91 Å². The molecule has 5 fully saturated rings. The monoisotopic (exact) mass is 452 g/mol. The summed E-state index contributed by atoms with van der Waals surface area (Å²) < 4.78 is 0. The van der Waals surface area contributed by atoms with Gasteiger partial charge < -0.3 is 10.2 Å². The number of anilines is 1. The van der Waals surface area contributed by atoms with Crippen LogP contribution < -0.4 is 5.32 Å². The number of carbonyl (C=O) groups excluding carboxylic acids is 5. The van der Waals surface area contributed by atoms with Gasteiger partial charge in [0.05, 0.1) is 5.54 Å². The number of rotatable bonds is 5. The van der Waals surface area contributed by atoms with Crippen molar-refractivity contribution in [1.82, 2.24) is 14.7 Å². The third-order valence-electron chi connectivity index (χ3n) is 7.66. The summed E-state index contributed by atoms with van der Waals surface area (Å²) in [5, 5.41) is 2.63. The van der Waals surface area contributed by atoms with Gasteiger partial charge in [-0.15, -0.1) is 0 Å². The summed E-state index contributed by atoms with van der Waals surface area (Å²) in [6.07, 6.45) is 5.74. The van der Waals surface area contributed by atoms with Gasteiger partial charge in [0.15, 0.2) is 0 Å². The van der Waals surface area contributed by atoms with Crippen LogP contribution in [0.1, 0.15) is 48.9 Å². The Kier molecular flexibility index (Phi) is 5.02. The highest BCUT2D eigenvalue weighted by Gasteiger charge is 2.61. The van der Waals surface area contributed by atoms with Gasteiger partial charge in [0, 0.05) is 25.3 Å². The van der Waals surface area contributed by atoms with Gasteiger partial charge in [-0.25, -0.2) is 14.6 Å². The van der Waals surface area contributed by atoms with Crippen LogP contribution in [0.2, 0.25) is 0 Å². The quantitative estimate of drug-likeness (QED) is 0.544. The van der Waals surface area contributed by atoms with Crippen LogP contribution in [-0.4, -0.2) is 70.5 Å². The molecule has 5 aliphatic rings. The second-order valence-electron chi connectivity index (χ2n) is 10.3. The van der Waals surface area contributed by atoms with Crippen molar-refractivity contribution < 1.29 is 24.0 Å². The van der Waals surface area contributed by atoms with E-state index in [-0.39, 0.29) is 5.91 Å². The first-order valence-electron chi connectivity index (χ1n) is 11.5. The molecule has 9 nitrogen and oxygen atoms in total.